The normalized spacial score (nSPS) is 13.7. The van der Waals surface area contributed by atoms with Crippen LogP contribution in [0.1, 0.15) is 79.0 Å². The third kappa shape index (κ3) is 3.21. The van der Waals surface area contributed by atoms with E-state index in [1.54, 1.807) is 0 Å². The highest BCUT2D eigenvalue weighted by Crippen LogP contribution is 2.39. The van der Waals surface area contributed by atoms with Gasteiger partial charge in [0.25, 0.3) is 0 Å². The first kappa shape index (κ1) is 17.1. The summed E-state index contributed by atoms with van der Waals surface area (Å²) >= 11 is 0. The Labute approximate surface area is 136 Å². The van der Waals surface area contributed by atoms with Crippen LogP contribution in [0.4, 0.5) is 0 Å². The average molecular weight is 296 g/mol. The minimum atomic E-state index is 0.140. The number of benzene rings is 2. The van der Waals surface area contributed by atoms with Crippen molar-refractivity contribution in [3.05, 3.63) is 47.0 Å². The van der Waals surface area contributed by atoms with Crippen molar-refractivity contribution < 1.29 is 0 Å². The van der Waals surface area contributed by atoms with Gasteiger partial charge in [0.15, 0.2) is 0 Å². The zero-order chi connectivity index (χ0) is 16.9. The van der Waals surface area contributed by atoms with E-state index in [2.05, 4.69) is 92.6 Å². The minimum Gasteiger partial charge on any atom is -0.0613 e. The van der Waals surface area contributed by atoms with Crippen molar-refractivity contribution in [2.75, 3.05) is 0 Å². The second-order valence-corrected chi connectivity index (χ2v) is 9.68. The van der Waals surface area contributed by atoms with Crippen LogP contribution in [-0.2, 0) is 16.2 Å². The van der Waals surface area contributed by atoms with Crippen molar-refractivity contribution in [3.63, 3.8) is 0 Å². The van der Waals surface area contributed by atoms with Gasteiger partial charge < -0.3 is 0 Å². The fourth-order valence-corrected chi connectivity index (χ4v) is 3.08. The van der Waals surface area contributed by atoms with Crippen molar-refractivity contribution in [3.8, 4) is 0 Å². The maximum atomic E-state index is 2.44. The van der Waals surface area contributed by atoms with Gasteiger partial charge in [-0.3, -0.25) is 0 Å². The van der Waals surface area contributed by atoms with Crippen LogP contribution in [0, 0.1) is 0 Å². The molecule has 0 saturated heterocycles. The molecule has 0 heterocycles. The van der Waals surface area contributed by atoms with Crippen LogP contribution in [0.5, 0.6) is 0 Å². The highest BCUT2D eigenvalue weighted by atomic mass is 14.3. The third-order valence-electron chi connectivity index (χ3n) is 4.46. The summed E-state index contributed by atoms with van der Waals surface area (Å²) in [4.78, 5) is 0. The first-order valence-corrected chi connectivity index (χ1v) is 8.40. The molecule has 0 aliphatic rings. The Morgan fingerprint density at radius 2 is 1.14 bits per heavy atom. The molecule has 0 N–H and O–H groups in total. The fourth-order valence-electron chi connectivity index (χ4n) is 3.08. The number of hydrogen-bond donors (Lipinski definition) is 0. The van der Waals surface area contributed by atoms with Gasteiger partial charge in [0.05, 0.1) is 0 Å². The van der Waals surface area contributed by atoms with E-state index in [1.807, 2.05) is 0 Å². The van der Waals surface area contributed by atoms with Gasteiger partial charge in [0, 0.05) is 0 Å². The first-order valence-electron chi connectivity index (χ1n) is 8.40. The lowest BCUT2D eigenvalue weighted by molar-refractivity contribution is 0.568. The lowest BCUT2D eigenvalue weighted by Crippen LogP contribution is -2.19. The lowest BCUT2D eigenvalue weighted by Gasteiger charge is -2.30. The number of rotatable bonds is 0. The summed E-state index contributed by atoms with van der Waals surface area (Å²) in [5, 5.41) is 2.83. The van der Waals surface area contributed by atoms with Gasteiger partial charge in [0.1, 0.15) is 0 Å². The maximum Gasteiger partial charge on any atom is -0.0109 e. The molecular weight excluding hydrogens is 264 g/mol. The fraction of sp³-hybridized carbons (Fsp3) is 0.545. The predicted octanol–water partition coefficient (Wildman–Crippen LogP) is 6.73. The Balaban J connectivity index is 2.96. The van der Waals surface area contributed by atoms with Crippen molar-refractivity contribution in [1.82, 2.24) is 0 Å². The zero-order valence-corrected chi connectivity index (χ0v) is 15.9. The number of fused-ring (bicyclic) bond motifs is 1. The van der Waals surface area contributed by atoms with Gasteiger partial charge in [-0.25, -0.2) is 0 Å². The molecule has 0 aliphatic carbocycles. The Morgan fingerprint density at radius 1 is 0.591 bits per heavy atom. The molecule has 0 nitrogen and oxygen atoms in total. The van der Waals surface area contributed by atoms with Crippen LogP contribution < -0.4 is 0 Å². The SMILES string of the molecule is CC(C)(C)c1cc(C(C)(C)C)c2c(C(C)(C)C)cccc2c1. The average Bonchev–Trinajstić information content (AvgIpc) is 2.33. The van der Waals surface area contributed by atoms with E-state index in [-0.39, 0.29) is 16.2 Å². The minimum absolute atomic E-state index is 0.140. The number of hydrogen-bond acceptors (Lipinski definition) is 0. The van der Waals surface area contributed by atoms with Crippen LogP contribution in [0.25, 0.3) is 10.8 Å². The monoisotopic (exact) mass is 296 g/mol. The Morgan fingerprint density at radius 3 is 1.59 bits per heavy atom. The molecule has 0 aliphatic heterocycles. The van der Waals surface area contributed by atoms with Gasteiger partial charge in [-0.2, -0.15) is 0 Å². The Bertz CT molecular complexity index is 683. The molecule has 0 unspecified atom stereocenters. The van der Waals surface area contributed by atoms with E-state index < -0.39 is 0 Å². The molecule has 0 fully saturated rings. The summed E-state index contributed by atoms with van der Waals surface area (Å²) in [6, 6.07) is 11.6. The smallest absolute Gasteiger partial charge is 0.0109 e. The van der Waals surface area contributed by atoms with Crippen molar-refractivity contribution >= 4 is 10.8 Å². The Kier molecular flexibility index (Phi) is 3.97. The highest BCUT2D eigenvalue weighted by Gasteiger charge is 2.26. The summed E-state index contributed by atoms with van der Waals surface area (Å²) in [7, 11) is 0. The summed E-state index contributed by atoms with van der Waals surface area (Å²) in [6.07, 6.45) is 0. The predicted molar refractivity (Wildman–Crippen MR) is 100 cm³/mol. The quantitative estimate of drug-likeness (QED) is 0.505. The van der Waals surface area contributed by atoms with Crippen molar-refractivity contribution in [2.24, 2.45) is 0 Å². The molecule has 2 aromatic carbocycles. The molecule has 120 valence electrons. The molecule has 0 radical (unpaired) electrons. The van der Waals surface area contributed by atoms with E-state index >= 15 is 0 Å². The van der Waals surface area contributed by atoms with Gasteiger partial charge in [-0.05, 0) is 43.7 Å². The maximum absolute atomic E-state index is 2.44. The summed E-state index contributed by atoms with van der Waals surface area (Å²) in [6.45, 7) is 20.8. The standard InChI is InChI=1S/C22H32/c1-20(2,3)16-13-15-11-10-12-17(21(4,5)6)19(15)18(14-16)22(7,8)9/h10-14H,1-9H3. The second kappa shape index (κ2) is 5.11. The van der Waals surface area contributed by atoms with Crippen LogP contribution >= 0.6 is 0 Å². The van der Waals surface area contributed by atoms with Gasteiger partial charge in [-0.1, -0.05) is 92.6 Å². The molecule has 0 aromatic heterocycles. The lowest BCUT2D eigenvalue weighted by atomic mass is 9.74. The first-order chi connectivity index (χ1) is 9.82. The molecule has 0 bridgehead atoms. The molecular formula is C22H32. The van der Waals surface area contributed by atoms with Crippen LogP contribution in [0.3, 0.4) is 0 Å². The molecule has 0 amide bonds. The molecule has 0 heteroatoms. The van der Waals surface area contributed by atoms with Crippen molar-refractivity contribution in [2.45, 2.75) is 78.6 Å². The second-order valence-electron chi connectivity index (χ2n) is 9.68. The van der Waals surface area contributed by atoms with Crippen LogP contribution in [-0.4, -0.2) is 0 Å². The van der Waals surface area contributed by atoms with Gasteiger partial charge in [-0.15, -0.1) is 0 Å². The molecule has 2 aromatic rings. The van der Waals surface area contributed by atoms with Crippen LogP contribution in [0.2, 0.25) is 0 Å². The highest BCUT2D eigenvalue weighted by molar-refractivity contribution is 5.91. The van der Waals surface area contributed by atoms with Crippen LogP contribution in [0.15, 0.2) is 30.3 Å². The topological polar surface area (TPSA) is 0 Å². The summed E-state index contributed by atoms with van der Waals surface area (Å²) in [5.74, 6) is 0. The largest absolute Gasteiger partial charge is 0.0613 e. The van der Waals surface area contributed by atoms with E-state index in [9.17, 15) is 0 Å². The molecule has 22 heavy (non-hydrogen) atoms. The molecule has 2 rings (SSSR count). The molecule has 0 atom stereocenters. The van der Waals surface area contributed by atoms with Gasteiger partial charge in [0.2, 0.25) is 0 Å². The van der Waals surface area contributed by atoms with E-state index in [4.69, 9.17) is 0 Å². The summed E-state index contributed by atoms with van der Waals surface area (Å²) < 4.78 is 0. The van der Waals surface area contributed by atoms with E-state index in [1.165, 1.54) is 27.5 Å². The Hall–Kier alpha value is -1.30. The third-order valence-corrected chi connectivity index (χ3v) is 4.46. The van der Waals surface area contributed by atoms with E-state index in [0.717, 1.165) is 0 Å². The van der Waals surface area contributed by atoms with E-state index in [0.29, 0.717) is 0 Å². The summed E-state index contributed by atoms with van der Waals surface area (Å²) in [5.41, 5.74) is 4.82. The molecule has 0 saturated carbocycles. The van der Waals surface area contributed by atoms with Gasteiger partial charge >= 0.3 is 0 Å². The zero-order valence-electron chi connectivity index (χ0n) is 15.9. The van der Waals surface area contributed by atoms with Crippen molar-refractivity contribution in [1.29, 1.82) is 0 Å². The molecule has 0 spiro atoms.